The highest BCUT2D eigenvalue weighted by Gasteiger charge is 2.24. The molecule has 0 heterocycles. The fourth-order valence-electron chi connectivity index (χ4n) is 1.78. The summed E-state index contributed by atoms with van der Waals surface area (Å²) >= 11 is 6.05. The lowest BCUT2D eigenvalue weighted by Gasteiger charge is -2.18. The summed E-state index contributed by atoms with van der Waals surface area (Å²) in [6.45, 7) is 6.86. The summed E-state index contributed by atoms with van der Waals surface area (Å²) in [6, 6.07) is 4.32. The molecule has 0 saturated carbocycles. The fraction of sp³-hybridized carbons (Fsp3) is 0.267. The smallest absolute Gasteiger partial charge is 0.419 e. The van der Waals surface area contributed by atoms with Crippen molar-refractivity contribution in [3.8, 4) is 0 Å². The van der Waals surface area contributed by atoms with Gasteiger partial charge in [-0.15, -0.1) is 0 Å². The summed E-state index contributed by atoms with van der Waals surface area (Å²) in [7, 11) is 0. The quantitative estimate of drug-likeness (QED) is 0.664. The van der Waals surface area contributed by atoms with Gasteiger partial charge in [0.05, 0.1) is 23.2 Å². The molecule has 1 aromatic rings. The molecule has 1 aromatic carbocycles. The number of carboxylic acid groups (broad SMARTS) is 1. The number of imide groups is 1. The third kappa shape index (κ3) is 3.85. The molecule has 0 radical (unpaired) electrons. The molecule has 0 spiro atoms. The number of ether oxygens (including phenoxy) is 1. The number of benzene rings is 1. The van der Waals surface area contributed by atoms with E-state index < -0.39 is 23.9 Å². The molecule has 22 heavy (non-hydrogen) atoms. The van der Waals surface area contributed by atoms with Crippen LogP contribution in [0.4, 0.5) is 10.5 Å². The van der Waals surface area contributed by atoms with E-state index in [0.717, 1.165) is 6.08 Å². The van der Waals surface area contributed by atoms with Gasteiger partial charge in [0.15, 0.2) is 0 Å². The molecule has 0 aromatic heterocycles. The Bertz CT molecular complexity index is 614. The second-order valence-electron chi connectivity index (χ2n) is 4.34. The van der Waals surface area contributed by atoms with Crippen LogP contribution in [0.15, 0.2) is 30.9 Å². The Balaban J connectivity index is 3.17. The van der Waals surface area contributed by atoms with E-state index in [1.165, 1.54) is 18.2 Å². The van der Waals surface area contributed by atoms with Crippen LogP contribution in [0.25, 0.3) is 0 Å². The number of hydrogen-bond acceptors (Lipinski definition) is 4. The van der Waals surface area contributed by atoms with Gasteiger partial charge in [-0.1, -0.05) is 24.2 Å². The van der Waals surface area contributed by atoms with Gasteiger partial charge >= 0.3 is 12.1 Å². The lowest BCUT2D eigenvalue weighted by Crippen LogP contribution is -2.34. The van der Waals surface area contributed by atoms with Gasteiger partial charge in [-0.05, 0) is 37.6 Å². The third-order valence-electron chi connectivity index (χ3n) is 2.94. The van der Waals surface area contributed by atoms with Gasteiger partial charge in [-0.2, -0.15) is 0 Å². The summed E-state index contributed by atoms with van der Waals surface area (Å²) in [6.07, 6.45) is -0.599. The monoisotopic (exact) mass is 325 g/mol. The molecule has 7 heteroatoms. The van der Waals surface area contributed by atoms with Gasteiger partial charge in [0.25, 0.3) is 5.91 Å². The molecule has 0 aliphatic carbocycles. The van der Waals surface area contributed by atoms with Crippen LogP contribution in [-0.4, -0.2) is 29.7 Å². The minimum absolute atomic E-state index is 0.00104. The third-order valence-corrected chi connectivity index (χ3v) is 3.24. The molecule has 6 nitrogen and oxygen atoms in total. The predicted octanol–water partition coefficient (Wildman–Crippen LogP) is 3.20. The van der Waals surface area contributed by atoms with E-state index in [4.69, 9.17) is 21.4 Å². The van der Waals surface area contributed by atoms with E-state index in [0.29, 0.717) is 10.5 Å². The van der Waals surface area contributed by atoms with Crippen molar-refractivity contribution in [2.45, 2.75) is 19.8 Å². The highest BCUT2D eigenvalue weighted by atomic mass is 35.5. The van der Waals surface area contributed by atoms with Crippen LogP contribution in [-0.2, 0) is 14.3 Å². The van der Waals surface area contributed by atoms with Crippen LogP contribution in [0, 0.1) is 0 Å². The van der Waals surface area contributed by atoms with Crippen molar-refractivity contribution in [1.29, 1.82) is 0 Å². The zero-order chi connectivity index (χ0) is 16.9. The minimum atomic E-state index is -1.47. The van der Waals surface area contributed by atoms with Crippen LogP contribution in [0.3, 0.4) is 0 Å². The topological polar surface area (TPSA) is 83.9 Å². The molecule has 0 fully saturated rings. The Morgan fingerprint density at radius 1 is 1.45 bits per heavy atom. The first kappa shape index (κ1) is 17.7. The van der Waals surface area contributed by atoms with Crippen molar-refractivity contribution in [3.63, 3.8) is 0 Å². The summed E-state index contributed by atoms with van der Waals surface area (Å²) in [5.74, 6) is -1.79. The van der Waals surface area contributed by atoms with Crippen molar-refractivity contribution >= 4 is 35.3 Å². The Hall–Kier alpha value is -2.34. The molecular formula is C15H16ClNO5. The Morgan fingerprint density at radius 2 is 2.09 bits per heavy atom. The first-order valence-corrected chi connectivity index (χ1v) is 6.86. The first-order valence-electron chi connectivity index (χ1n) is 6.49. The molecule has 118 valence electrons. The standard InChI is InChI=1S/C15H16ClNO5/c1-4-13(18)17(15(20)21)12-7-6-10(8-11(12)16)9(3)14(19)22-5-2/h4,6-9H,1,5H2,2-3H3,(H,20,21). The van der Waals surface area contributed by atoms with Crippen LogP contribution < -0.4 is 4.90 Å². The number of esters is 1. The van der Waals surface area contributed by atoms with Gasteiger partial charge in [0, 0.05) is 0 Å². The van der Waals surface area contributed by atoms with Crippen molar-refractivity contribution in [2.75, 3.05) is 11.5 Å². The molecule has 0 bridgehead atoms. The molecular weight excluding hydrogens is 310 g/mol. The average molecular weight is 326 g/mol. The van der Waals surface area contributed by atoms with Crippen LogP contribution >= 0.6 is 11.6 Å². The highest BCUT2D eigenvalue weighted by Crippen LogP contribution is 2.30. The van der Waals surface area contributed by atoms with Crippen LogP contribution in [0.5, 0.6) is 0 Å². The normalized spacial score (nSPS) is 11.4. The molecule has 1 N–H and O–H groups in total. The number of carbonyl (C=O) groups is 3. The van der Waals surface area contributed by atoms with E-state index in [2.05, 4.69) is 6.58 Å². The van der Waals surface area contributed by atoms with Crippen molar-refractivity contribution in [1.82, 2.24) is 0 Å². The summed E-state index contributed by atoms with van der Waals surface area (Å²) in [4.78, 5) is 35.0. The fourth-order valence-corrected chi connectivity index (χ4v) is 2.06. The maximum absolute atomic E-state index is 11.7. The Labute approximate surface area is 132 Å². The first-order chi connectivity index (χ1) is 10.3. The minimum Gasteiger partial charge on any atom is -0.466 e. The summed E-state index contributed by atoms with van der Waals surface area (Å²) in [5.41, 5.74) is 0.558. The predicted molar refractivity (Wildman–Crippen MR) is 82.2 cm³/mol. The largest absolute Gasteiger partial charge is 0.466 e. The van der Waals surface area contributed by atoms with Crippen LogP contribution in [0.1, 0.15) is 25.3 Å². The lowest BCUT2D eigenvalue weighted by molar-refractivity contribution is -0.144. The number of rotatable bonds is 5. The number of carbonyl (C=O) groups excluding carboxylic acids is 2. The second-order valence-corrected chi connectivity index (χ2v) is 4.75. The van der Waals surface area contributed by atoms with E-state index in [1.54, 1.807) is 13.8 Å². The molecule has 2 amide bonds. The summed E-state index contributed by atoms with van der Waals surface area (Å²) in [5, 5.41) is 9.15. The summed E-state index contributed by atoms with van der Waals surface area (Å²) < 4.78 is 4.92. The molecule has 1 rings (SSSR count). The van der Waals surface area contributed by atoms with Gasteiger partial charge in [0.2, 0.25) is 0 Å². The van der Waals surface area contributed by atoms with Crippen molar-refractivity contribution < 1.29 is 24.2 Å². The maximum atomic E-state index is 11.7. The lowest BCUT2D eigenvalue weighted by atomic mass is 10.0. The number of amides is 2. The molecule has 1 unspecified atom stereocenters. The van der Waals surface area contributed by atoms with Gasteiger partial charge in [-0.3, -0.25) is 9.59 Å². The average Bonchev–Trinajstić information content (AvgIpc) is 2.47. The number of halogens is 1. The van der Waals surface area contributed by atoms with E-state index in [9.17, 15) is 14.4 Å². The van der Waals surface area contributed by atoms with Crippen LogP contribution in [0.2, 0.25) is 5.02 Å². The highest BCUT2D eigenvalue weighted by molar-refractivity contribution is 6.35. The molecule has 0 saturated heterocycles. The number of hydrogen-bond donors (Lipinski definition) is 1. The van der Waals surface area contributed by atoms with E-state index >= 15 is 0 Å². The Morgan fingerprint density at radius 3 is 2.55 bits per heavy atom. The zero-order valence-corrected chi connectivity index (χ0v) is 13.0. The second kappa shape index (κ2) is 7.61. The molecule has 0 aliphatic rings. The number of anilines is 1. The molecule has 0 aliphatic heterocycles. The number of nitrogens with zero attached hydrogens (tertiary/aromatic N) is 1. The van der Waals surface area contributed by atoms with E-state index in [-0.39, 0.29) is 17.3 Å². The van der Waals surface area contributed by atoms with Crippen molar-refractivity contribution in [3.05, 3.63) is 41.4 Å². The SMILES string of the molecule is C=CC(=O)N(C(=O)O)c1ccc(C(C)C(=O)OCC)cc1Cl. The van der Waals surface area contributed by atoms with Gasteiger partial charge < -0.3 is 9.84 Å². The van der Waals surface area contributed by atoms with E-state index in [1.807, 2.05) is 0 Å². The van der Waals surface area contributed by atoms with Gasteiger partial charge in [-0.25, -0.2) is 9.69 Å². The molecule has 1 atom stereocenters. The van der Waals surface area contributed by atoms with Gasteiger partial charge in [0.1, 0.15) is 0 Å². The van der Waals surface area contributed by atoms with Crippen molar-refractivity contribution in [2.24, 2.45) is 0 Å². The zero-order valence-electron chi connectivity index (χ0n) is 12.2. The Kier molecular flexibility index (Phi) is 6.12. The maximum Gasteiger partial charge on any atom is 0.419 e.